The van der Waals surface area contributed by atoms with Crippen LogP contribution < -0.4 is 5.32 Å². The molecule has 84 valence electrons. The summed E-state index contributed by atoms with van der Waals surface area (Å²) in [4.78, 5) is 11.2. The number of aliphatic hydroxyl groups is 1. The largest absolute Gasteiger partial charge is 0.384 e. The highest BCUT2D eigenvalue weighted by molar-refractivity contribution is 5.80. The third-order valence-corrected chi connectivity index (χ3v) is 2.37. The predicted octanol–water partition coefficient (Wildman–Crippen LogP) is 1.84. The van der Waals surface area contributed by atoms with Gasteiger partial charge in [-0.15, -0.1) is 0 Å². The normalized spacial score (nSPS) is 14.9. The van der Waals surface area contributed by atoms with E-state index in [0.29, 0.717) is 0 Å². The smallest absolute Gasteiger partial charge is 0.248 e. The molecule has 14 heavy (non-hydrogen) atoms. The molecule has 3 nitrogen and oxygen atoms in total. The number of aliphatic hydroxyl groups excluding tert-OH is 1. The van der Waals surface area contributed by atoms with Crippen molar-refractivity contribution in [1.29, 1.82) is 0 Å². The molecular weight excluding hydrogens is 178 g/mol. The third kappa shape index (κ3) is 5.97. The van der Waals surface area contributed by atoms with E-state index in [9.17, 15) is 4.79 Å². The summed E-state index contributed by atoms with van der Waals surface area (Å²) in [6.07, 6.45) is 4.61. The van der Waals surface area contributed by atoms with E-state index in [4.69, 9.17) is 5.11 Å². The number of carbonyl (C=O) groups excluding carboxylic acids is 1. The standard InChI is InChI=1S/C11H23NO2/c1-4-6-7-8-10(5-2)12-11(14)9(3)13/h9-10,13H,4-8H2,1-3H3,(H,12,14). The molecule has 0 aliphatic heterocycles. The summed E-state index contributed by atoms with van der Waals surface area (Å²) in [6, 6.07) is 0.226. The average molecular weight is 201 g/mol. The number of nitrogens with one attached hydrogen (secondary N) is 1. The molecule has 0 heterocycles. The van der Waals surface area contributed by atoms with Crippen LogP contribution in [0.1, 0.15) is 52.9 Å². The first-order valence-electron chi connectivity index (χ1n) is 5.60. The first-order valence-corrected chi connectivity index (χ1v) is 5.60. The molecule has 0 bridgehead atoms. The van der Waals surface area contributed by atoms with E-state index in [2.05, 4.69) is 19.2 Å². The number of rotatable bonds is 7. The number of hydrogen-bond acceptors (Lipinski definition) is 2. The number of carbonyl (C=O) groups is 1. The first-order chi connectivity index (χ1) is 6.61. The molecule has 0 aromatic heterocycles. The van der Waals surface area contributed by atoms with Gasteiger partial charge in [-0.05, 0) is 19.8 Å². The number of hydrogen-bond donors (Lipinski definition) is 2. The fourth-order valence-electron chi connectivity index (χ4n) is 1.34. The fraction of sp³-hybridized carbons (Fsp3) is 0.909. The first kappa shape index (κ1) is 13.4. The monoisotopic (exact) mass is 201 g/mol. The molecular formula is C11H23NO2. The zero-order chi connectivity index (χ0) is 11.0. The van der Waals surface area contributed by atoms with E-state index in [0.717, 1.165) is 19.3 Å². The lowest BCUT2D eigenvalue weighted by Crippen LogP contribution is -2.39. The molecule has 0 aromatic carbocycles. The second-order valence-electron chi connectivity index (χ2n) is 3.79. The summed E-state index contributed by atoms with van der Waals surface area (Å²) in [5.74, 6) is -0.256. The SMILES string of the molecule is CCCCCC(CC)NC(=O)C(C)O. The topological polar surface area (TPSA) is 49.3 Å². The molecule has 1 amide bonds. The number of amides is 1. The minimum Gasteiger partial charge on any atom is -0.384 e. The lowest BCUT2D eigenvalue weighted by molar-refractivity contribution is -0.129. The highest BCUT2D eigenvalue weighted by Gasteiger charge is 2.13. The van der Waals surface area contributed by atoms with Gasteiger partial charge in [-0.25, -0.2) is 0 Å². The molecule has 0 aliphatic carbocycles. The lowest BCUT2D eigenvalue weighted by atomic mass is 10.1. The molecule has 0 aliphatic rings. The van der Waals surface area contributed by atoms with Crippen LogP contribution in [0.3, 0.4) is 0 Å². The zero-order valence-corrected chi connectivity index (χ0v) is 9.55. The molecule has 0 saturated carbocycles. The van der Waals surface area contributed by atoms with Crippen LogP contribution in [0.2, 0.25) is 0 Å². The Labute approximate surface area is 86.9 Å². The number of unbranched alkanes of at least 4 members (excludes halogenated alkanes) is 2. The van der Waals surface area contributed by atoms with Gasteiger partial charge in [0, 0.05) is 6.04 Å². The Morgan fingerprint density at radius 1 is 1.36 bits per heavy atom. The minimum absolute atomic E-state index is 0.226. The molecule has 2 unspecified atom stereocenters. The summed E-state index contributed by atoms with van der Waals surface area (Å²) >= 11 is 0. The van der Waals surface area contributed by atoms with Gasteiger partial charge < -0.3 is 10.4 Å². The van der Waals surface area contributed by atoms with Crippen LogP contribution in [0.4, 0.5) is 0 Å². The zero-order valence-electron chi connectivity index (χ0n) is 9.55. The highest BCUT2D eigenvalue weighted by atomic mass is 16.3. The van der Waals surface area contributed by atoms with Crippen molar-refractivity contribution in [2.45, 2.75) is 65.0 Å². The van der Waals surface area contributed by atoms with Gasteiger partial charge in [0.1, 0.15) is 6.10 Å². The highest BCUT2D eigenvalue weighted by Crippen LogP contribution is 2.06. The fourth-order valence-corrected chi connectivity index (χ4v) is 1.34. The van der Waals surface area contributed by atoms with Crippen LogP contribution in [0, 0.1) is 0 Å². The van der Waals surface area contributed by atoms with Gasteiger partial charge >= 0.3 is 0 Å². The Hall–Kier alpha value is -0.570. The molecule has 0 spiro atoms. The maximum atomic E-state index is 11.2. The van der Waals surface area contributed by atoms with Crippen molar-refractivity contribution in [2.24, 2.45) is 0 Å². The van der Waals surface area contributed by atoms with Crippen LogP contribution in [0.15, 0.2) is 0 Å². The van der Waals surface area contributed by atoms with E-state index < -0.39 is 6.10 Å². The van der Waals surface area contributed by atoms with Crippen molar-refractivity contribution in [3.8, 4) is 0 Å². The molecule has 0 aromatic rings. The molecule has 0 rings (SSSR count). The van der Waals surface area contributed by atoms with E-state index in [1.54, 1.807) is 0 Å². The molecule has 0 saturated heterocycles. The van der Waals surface area contributed by atoms with Crippen molar-refractivity contribution in [2.75, 3.05) is 0 Å². The van der Waals surface area contributed by atoms with E-state index in [1.165, 1.54) is 19.8 Å². The van der Waals surface area contributed by atoms with Crippen LogP contribution in [-0.4, -0.2) is 23.2 Å². The van der Waals surface area contributed by atoms with Crippen molar-refractivity contribution in [3.05, 3.63) is 0 Å². The summed E-state index contributed by atoms with van der Waals surface area (Å²) in [5, 5.41) is 11.9. The van der Waals surface area contributed by atoms with Crippen LogP contribution in [-0.2, 0) is 4.79 Å². The van der Waals surface area contributed by atoms with Gasteiger partial charge in [0.2, 0.25) is 5.91 Å². The van der Waals surface area contributed by atoms with Gasteiger partial charge in [-0.1, -0.05) is 33.1 Å². The Morgan fingerprint density at radius 2 is 2.00 bits per heavy atom. The van der Waals surface area contributed by atoms with Crippen molar-refractivity contribution < 1.29 is 9.90 Å². The van der Waals surface area contributed by atoms with Crippen molar-refractivity contribution in [3.63, 3.8) is 0 Å². The Morgan fingerprint density at radius 3 is 2.43 bits per heavy atom. The second-order valence-corrected chi connectivity index (χ2v) is 3.79. The average Bonchev–Trinajstić information content (AvgIpc) is 2.16. The van der Waals surface area contributed by atoms with E-state index >= 15 is 0 Å². The van der Waals surface area contributed by atoms with Crippen LogP contribution in [0.5, 0.6) is 0 Å². The van der Waals surface area contributed by atoms with Crippen molar-refractivity contribution in [1.82, 2.24) is 5.32 Å². The van der Waals surface area contributed by atoms with Gasteiger partial charge in [-0.3, -0.25) is 4.79 Å². The minimum atomic E-state index is -0.893. The van der Waals surface area contributed by atoms with Gasteiger partial charge in [0.25, 0.3) is 0 Å². The summed E-state index contributed by atoms with van der Waals surface area (Å²) in [7, 11) is 0. The molecule has 2 atom stereocenters. The van der Waals surface area contributed by atoms with Crippen molar-refractivity contribution >= 4 is 5.91 Å². The maximum Gasteiger partial charge on any atom is 0.248 e. The third-order valence-electron chi connectivity index (χ3n) is 2.37. The molecule has 3 heteroatoms. The lowest BCUT2D eigenvalue weighted by Gasteiger charge is -2.17. The van der Waals surface area contributed by atoms with Crippen LogP contribution >= 0.6 is 0 Å². The predicted molar refractivity (Wildman–Crippen MR) is 58.0 cm³/mol. The summed E-state index contributed by atoms with van der Waals surface area (Å²) in [6.45, 7) is 5.71. The Bertz CT molecular complexity index is 157. The second kappa shape index (κ2) is 7.80. The molecule has 0 radical (unpaired) electrons. The summed E-state index contributed by atoms with van der Waals surface area (Å²) in [5.41, 5.74) is 0. The summed E-state index contributed by atoms with van der Waals surface area (Å²) < 4.78 is 0. The van der Waals surface area contributed by atoms with E-state index in [1.807, 2.05) is 0 Å². The Balaban J connectivity index is 3.73. The van der Waals surface area contributed by atoms with Gasteiger partial charge in [-0.2, -0.15) is 0 Å². The van der Waals surface area contributed by atoms with Gasteiger partial charge in [0.15, 0.2) is 0 Å². The molecule has 0 fully saturated rings. The van der Waals surface area contributed by atoms with E-state index in [-0.39, 0.29) is 11.9 Å². The van der Waals surface area contributed by atoms with Gasteiger partial charge in [0.05, 0.1) is 0 Å². The molecule has 2 N–H and O–H groups in total. The maximum absolute atomic E-state index is 11.2. The Kier molecular flexibility index (Phi) is 7.48. The van der Waals surface area contributed by atoms with Crippen LogP contribution in [0.25, 0.3) is 0 Å². The quantitative estimate of drug-likeness (QED) is 0.617.